The molecule has 1 aromatic heterocycles. The SMILES string of the molecule is O=C(O)Cc1c(-c2ccccc2)nn(C2CCCCC2)c1-c1ccccc1. The Balaban J connectivity index is 1.94. The van der Waals surface area contributed by atoms with Crippen LogP contribution in [0.2, 0.25) is 0 Å². The van der Waals surface area contributed by atoms with Gasteiger partial charge in [0.25, 0.3) is 0 Å². The van der Waals surface area contributed by atoms with Crippen LogP contribution in [-0.4, -0.2) is 20.9 Å². The van der Waals surface area contributed by atoms with Crippen LogP contribution in [0.25, 0.3) is 22.5 Å². The van der Waals surface area contributed by atoms with E-state index in [0.717, 1.165) is 40.9 Å². The first kappa shape index (κ1) is 17.5. The molecular weight excluding hydrogens is 336 g/mol. The summed E-state index contributed by atoms with van der Waals surface area (Å²) in [6.45, 7) is 0. The second-order valence-corrected chi connectivity index (χ2v) is 7.21. The molecule has 3 aromatic rings. The summed E-state index contributed by atoms with van der Waals surface area (Å²) >= 11 is 0. The van der Waals surface area contributed by atoms with Crippen molar-refractivity contribution in [3.8, 4) is 22.5 Å². The van der Waals surface area contributed by atoms with Crippen LogP contribution in [0.15, 0.2) is 60.7 Å². The first-order valence-corrected chi connectivity index (χ1v) is 9.68. The average molecular weight is 360 g/mol. The van der Waals surface area contributed by atoms with Gasteiger partial charge in [0.05, 0.1) is 23.9 Å². The minimum atomic E-state index is -0.826. The van der Waals surface area contributed by atoms with E-state index in [9.17, 15) is 9.90 Å². The normalized spacial score (nSPS) is 15.0. The van der Waals surface area contributed by atoms with Crippen molar-refractivity contribution in [2.75, 3.05) is 0 Å². The molecule has 27 heavy (non-hydrogen) atoms. The van der Waals surface area contributed by atoms with Gasteiger partial charge in [-0.1, -0.05) is 79.9 Å². The maximum Gasteiger partial charge on any atom is 0.307 e. The Morgan fingerprint density at radius 2 is 1.52 bits per heavy atom. The van der Waals surface area contributed by atoms with Crippen LogP contribution in [0.5, 0.6) is 0 Å². The highest BCUT2D eigenvalue weighted by molar-refractivity contribution is 5.82. The fourth-order valence-corrected chi connectivity index (χ4v) is 4.11. The summed E-state index contributed by atoms with van der Waals surface area (Å²) in [5.41, 5.74) is 4.58. The number of rotatable bonds is 5. The molecule has 0 unspecified atom stereocenters. The summed E-state index contributed by atoms with van der Waals surface area (Å²) < 4.78 is 2.12. The zero-order valence-corrected chi connectivity index (χ0v) is 15.3. The number of carboxylic acid groups (broad SMARTS) is 1. The lowest BCUT2D eigenvalue weighted by Gasteiger charge is -2.24. The third-order valence-corrected chi connectivity index (χ3v) is 5.35. The Morgan fingerprint density at radius 1 is 0.926 bits per heavy atom. The van der Waals surface area contributed by atoms with Crippen LogP contribution in [0.3, 0.4) is 0 Å². The van der Waals surface area contributed by atoms with Gasteiger partial charge in [0.1, 0.15) is 0 Å². The van der Waals surface area contributed by atoms with Gasteiger partial charge in [-0.2, -0.15) is 5.10 Å². The topological polar surface area (TPSA) is 55.1 Å². The van der Waals surface area contributed by atoms with Gasteiger partial charge in [0.15, 0.2) is 0 Å². The summed E-state index contributed by atoms with van der Waals surface area (Å²) in [4.78, 5) is 11.7. The van der Waals surface area contributed by atoms with E-state index in [1.165, 1.54) is 19.3 Å². The molecule has 4 rings (SSSR count). The van der Waals surface area contributed by atoms with Crippen LogP contribution < -0.4 is 0 Å². The Bertz CT molecular complexity index is 910. The van der Waals surface area contributed by atoms with Gasteiger partial charge in [-0.3, -0.25) is 9.48 Å². The number of carboxylic acids is 1. The molecule has 0 saturated heterocycles. The van der Waals surface area contributed by atoms with Crippen LogP contribution in [-0.2, 0) is 11.2 Å². The largest absolute Gasteiger partial charge is 0.481 e. The molecule has 1 fully saturated rings. The van der Waals surface area contributed by atoms with E-state index in [1.807, 2.05) is 48.5 Å². The molecule has 4 heteroatoms. The molecule has 0 aliphatic heterocycles. The summed E-state index contributed by atoms with van der Waals surface area (Å²) in [7, 11) is 0. The van der Waals surface area contributed by atoms with E-state index < -0.39 is 5.97 Å². The second kappa shape index (κ2) is 7.78. The lowest BCUT2D eigenvalue weighted by molar-refractivity contribution is -0.136. The van der Waals surface area contributed by atoms with Crippen LogP contribution in [0, 0.1) is 0 Å². The summed E-state index contributed by atoms with van der Waals surface area (Å²) in [5.74, 6) is -0.826. The van der Waals surface area contributed by atoms with Gasteiger partial charge in [0.2, 0.25) is 0 Å². The molecule has 0 amide bonds. The average Bonchev–Trinajstić information content (AvgIpc) is 3.08. The lowest BCUT2D eigenvalue weighted by Crippen LogP contribution is -2.15. The molecule has 0 atom stereocenters. The molecular formula is C23H24N2O2. The van der Waals surface area contributed by atoms with Crippen molar-refractivity contribution in [3.05, 3.63) is 66.2 Å². The zero-order valence-electron chi connectivity index (χ0n) is 15.3. The predicted molar refractivity (Wildman–Crippen MR) is 107 cm³/mol. The quantitative estimate of drug-likeness (QED) is 0.667. The number of aromatic nitrogens is 2. The maximum absolute atomic E-state index is 11.7. The van der Waals surface area contributed by atoms with Gasteiger partial charge < -0.3 is 5.11 Å². The van der Waals surface area contributed by atoms with Gasteiger partial charge in [0, 0.05) is 16.7 Å². The Labute approximate surface area is 159 Å². The first-order valence-electron chi connectivity index (χ1n) is 9.68. The van der Waals surface area contributed by atoms with Crippen molar-refractivity contribution < 1.29 is 9.90 Å². The first-order chi connectivity index (χ1) is 13.2. The van der Waals surface area contributed by atoms with E-state index in [0.29, 0.717) is 6.04 Å². The van der Waals surface area contributed by atoms with Gasteiger partial charge >= 0.3 is 5.97 Å². The highest BCUT2D eigenvalue weighted by Crippen LogP contribution is 2.38. The van der Waals surface area contributed by atoms with Crippen LogP contribution in [0.4, 0.5) is 0 Å². The number of benzene rings is 2. The number of carbonyl (C=O) groups is 1. The molecule has 1 N–H and O–H groups in total. The van der Waals surface area contributed by atoms with E-state index >= 15 is 0 Å². The number of hydrogen-bond acceptors (Lipinski definition) is 2. The molecule has 4 nitrogen and oxygen atoms in total. The van der Waals surface area contributed by atoms with Crippen molar-refractivity contribution in [1.29, 1.82) is 0 Å². The maximum atomic E-state index is 11.7. The second-order valence-electron chi connectivity index (χ2n) is 7.21. The smallest absolute Gasteiger partial charge is 0.307 e. The fraction of sp³-hybridized carbons (Fsp3) is 0.304. The Hall–Kier alpha value is -2.88. The van der Waals surface area contributed by atoms with Crippen molar-refractivity contribution in [2.45, 2.75) is 44.6 Å². The molecule has 2 aromatic carbocycles. The lowest BCUT2D eigenvalue weighted by atomic mass is 9.94. The molecule has 0 spiro atoms. The standard InChI is InChI=1S/C23H24N2O2/c26-21(27)16-20-22(17-10-4-1-5-11-17)24-25(19-14-8-3-9-15-19)23(20)18-12-6-2-7-13-18/h1-2,4-7,10-13,19H,3,8-9,14-16H2,(H,26,27). The van der Waals surface area contributed by atoms with Gasteiger partial charge in [-0.05, 0) is 12.8 Å². The zero-order chi connectivity index (χ0) is 18.6. The minimum Gasteiger partial charge on any atom is -0.481 e. The predicted octanol–water partition coefficient (Wildman–Crippen LogP) is 5.35. The Kier molecular flexibility index (Phi) is 5.05. The van der Waals surface area contributed by atoms with E-state index in [2.05, 4.69) is 16.8 Å². The van der Waals surface area contributed by atoms with Crippen molar-refractivity contribution in [3.63, 3.8) is 0 Å². The molecule has 1 heterocycles. The molecule has 1 aliphatic rings. The van der Waals surface area contributed by atoms with Crippen molar-refractivity contribution in [2.24, 2.45) is 0 Å². The molecule has 0 radical (unpaired) electrons. The van der Waals surface area contributed by atoms with Gasteiger partial charge in [-0.25, -0.2) is 0 Å². The number of nitrogens with zero attached hydrogens (tertiary/aromatic N) is 2. The summed E-state index contributed by atoms with van der Waals surface area (Å²) in [6, 6.07) is 20.4. The Morgan fingerprint density at radius 3 is 2.11 bits per heavy atom. The van der Waals surface area contributed by atoms with Crippen molar-refractivity contribution >= 4 is 5.97 Å². The molecule has 138 valence electrons. The number of aliphatic carboxylic acids is 1. The molecule has 1 aliphatic carbocycles. The fourth-order valence-electron chi connectivity index (χ4n) is 4.11. The van der Waals surface area contributed by atoms with E-state index in [-0.39, 0.29) is 6.42 Å². The molecule has 0 bridgehead atoms. The summed E-state index contributed by atoms with van der Waals surface area (Å²) in [5, 5.41) is 14.6. The van der Waals surface area contributed by atoms with E-state index in [4.69, 9.17) is 5.10 Å². The summed E-state index contributed by atoms with van der Waals surface area (Å²) in [6.07, 6.45) is 5.85. The number of hydrogen-bond donors (Lipinski definition) is 1. The highest BCUT2D eigenvalue weighted by atomic mass is 16.4. The monoisotopic (exact) mass is 360 g/mol. The van der Waals surface area contributed by atoms with Gasteiger partial charge in [-0.15, -0.1) is 0 Å². The van der Waals surface area contributed by atoms with E-state index in [1.54, 1.807) is 0 Å². The van der Waals surface area contributed by atoms with Crippen LogP contribution >= 0.6 is 0 Å². The van der Waals surface area contributed by atoms with Crippen LogP contribution in [0.1, 0.15) is 43.7 Å². The van der Waals surface area contributed by atoms with Crippen molar-refractivity contribution in [1.82, 2.24) is 9.78 Å². The highest BCUT2D eigenvalue weighted by Gasteiger charge is 2.27. The third-order valence-electron chi connectivity index (χ3n) is 5.35. The third kappa shape index (κ3) is 3.65. The minimum absolute atomic E-state index is 0.0266. The molecule has 1 saturated carbocycles.